The Balaban J connectivity index is 1.31. The molecule has 214 valence electrons. The fourth-order valence-electron chi connectivity index (χ4n) is 7.52. The van der Waals surface area contributed by atoms with Crippen molar-refractivity contribution in [1.82, 2.24) is 0 Å². The van der Waals surface area contributed by atoms with Crippen molar-refractivity contribution in [2.45, 2.75) is 19.3 Å². The van der Waals surface area contributed by atoms with E-state index in [0.29, 0.717) is 0 Å². The van der Waals surface area contributed by atoms with Crippen LogP contribution in [-0.4, -0.2) is 0 Å². The van der Waals surface area contributed by atoms with E-state index in [1.54, 1.807) is 0 Å². The van der Waals surface area contributed by atoms with E-state index in [-0.39, 0.29) is 5.41 Å². The predicted molar refractivity (Wildman–Crippen MR) is 189 cm³/mol. The number of rotatable bonds is 4. The summed E-state index contributed by atoms with van der Waals surface area (Å²) in [6, 6.07) is 54.5. The van der Waals surface area contributed by atoms with Crippen LogP contribution in [0.5, 0.6) is 0 Å². The van der Waals surface area contributed by atoms with E-state index in [4.69, 9.17) is 4.42 Å². The van der Waals surface area contributed by atoms with Gasteiger partial charge in [-0.1, -0.05) is 129 Å². The third-order valence-electron chi connectivity index (χ3n) is 9.65. The Bertz CT molecular complexity index is 2400. The quantitative estimate of drug-likeness (QED) is 0.207. The molecular formula is C43H31NO. The number of anilines is 3. The molecule has 0 bridgehead atoms. The summed E-state index contributed by atoms with van der Waals surface area (Å²) in [7, 11) is 0. The van der Waals surface area contributed by atoms with Crippen molar-refractivity contribution in [3.63, 3.8) is 0 Å². The second-order valence-corrected chi connectivity index (χ2v) is 12.5. The van der Waals surface area contributed by atoms with Crippen LogP contribution in [0.4, 0.5) is 17.1 Å². The Labute approximate surface area is 262 Å². The standard InChI is InChI=1S/C43H31NO/c1-43(2)37-22-12-11-19-32(37)33-25-24-30(26-38(33)43)44(29-16-7-4-8-17-29)39-23-13-21-35-41-34-20-10-9-18-31(34)36(27-40(41)45-42(35)39)28-14-5-3-6-15-28/h3-27H,1-2H3. The molecule has 8 aromatic rings. The number of para-hydroxylation sites is 2. The van der Waals surface area contributed by atoms with Crippen molar-refractivity contribution in [1.29, 1.82) is 0 Å². The number of benzene rings is 7. The first-order valence-electron chi connectivity index (χ1n) is 15.6. The van der Waals surface area contributed by atoms with Crippen LogP contribution in [-0.2, 0) is 5.41 Å². The van der Waals surface area contributed by atoms with Crippen LogP contribution >= 0.6 is 0 Å². The molecule has 0 radical (unpaired) electrons. The minimum absolute atomic E-state index is 0.0948. The molecule has 0 aliphatic heterocycles. The highest BCUT2D eigenvalue weighted by Gasteiger charge is 2.36. The Hall–Kier alpha value is -5.60. The van der Waals surface area contributed by atoms with Crippen molar-refractivity contribution < 1.29 is 4.42 Å². The first kappa shape index (κ1) is 25.9. The molecular weight excluding hydrogens is 546 g/mol. The lowest BCUT2D eigenvalue weighted by Crippen LogP contribution is -2.16. The predicted octanol–water partition coefficient (Wildman–Crippen LogP) is 12.2. The number of nitrogens with zero attached hydrogens (tertiary/aromatic N) is 1. The molecule has 1 aliphatic rings. The first-order chi connectivity index (χ1) is 22.1. The van der Waals surface area contributed by atoms with Gasteiger partial charge in [0.2, 0.25) is 0 Å². The van der Waals surface area contributed by atoms with Gasteiger partial charge in [-0.2, -0.15) is 0 Å². The van der Waals surface area contributed by atoms with Gasteiger partial charge in [0.1, 0.15) is 5.58 Å². The molecule has 9 rings (SSSR count). The van der Waals surface area contributed by atoms with E-state index < -0.39 is 0 Å². The molecule has 0 N–H and O–H groups in total. The summed E-state index contributed by atoms with van der Waals surface area (Å²) in [6.07, 6.45) is 0. The SMILES string of the molecule is CC1(C)c2ccccc2-c2ccc(N(c3ccccc3)c3cccc4c3oc3cc(-c5ccccc5)c5ccccc5c34)cc21. The summed E-state index contributed by atoms with van der Waals surface area (Å²) in [6.45, 7) is 4.67. The van der Waals surface area contributed by atoms with Crippen molar-refractivity contribution in [2.75, 3.05) is 4.90 Å². The summed E-state index contributed by atoms with van der Waals surface area (Å²) < 4.78 is 6.92. The van der Waals surface area contributed by atoms with Gasteiger partial charge in [0.25, 0.3) is 0 Å². The Morgan fingerprint density at radius 2 is 1.16 bits per heavy atom. The topological polar surface area (TPSA) is 16.4 Å². The summed E-state index contributed by atoms with van der Waals surface area (Å²) in [5.74, 6) is 0. The second-order valence-electron chi connectivity index (χ2n) is 12.5. The van der Waals surface area contributed by atoms with Crippen molar-refractivity contribution in [2.24, 2.45) is 0 Å². The molecule has 1 aromatic heterocycles. The highest BCUT2D eigenvalue weighted by molar-refractivity contribution is 6.23. The summed E-state index contributed by atoms with van der Waals surface area (Å²) in [5.41, 5.74) is 12.6. The van der Waals surface area contributed by atoms with Crippen LogP contribution in [0.3, 0.4) is 0 Å². The van der Waals surface area contributed by atoms with Gasteiger partial charge < -0.3 is 9.32 Å². The molecule has 1 aliphatic carbocycles. The van der Waals surface area contributed by atoms with Crippen LogP contribution in [0.1, 0.15) is 25.0 Å². The molecule has 0 unspecified atom stereocenters. The monoisotopic (exact) mass is 577 g/mol. The lowest BCUT2D eigenvalue weighted by Gasteiger charge is -2.28. The van der Waals surface area contributed by atoms with Gasteiger partial charge in [0.15, 0.2) is 5.58 Å². The van der Waals surface area contributed by atoms with Gasteiger partial charge in [-0.05, 0) is 80.6 Å². The van der Waals surface area contributed by atoms with E-state index in [1.807, 2.05) is 0 Å². The highest BCUT2D eigenvalue weighted by Crippen LogP contribution is 2.51. The van der Waals surface area contributed by atoms with Gasteiger partial charge >= 0.3 is 0 Å². The zero-order valence-corrected chi connectivity index (χ0v) is 25.3. The maximum absolute atomic E-state index is 6.92. The normalized spacial score (nSPS) is 13.3. The number of hydrogen-bond acceptors (Lipinski definition) is 2. The van der Waals surface area contributed by atoms with Gasteiger partial charge in [-0.25, -0.2) is 0 Å². The molecule has 2 nitrogen and oxygen atoms in total. The van der Waals surface area contributed by atoms with Crippen LogP contribution < -0.4 is 4.90 Å². The molecule has 0 fully saturated rings. The fraction of sp³-hybridized carbons (Fsp3) is 0.0698. The Morgan fingerprint density at radius 3 is 1.98 bits per heavy atom. The van der Waals surface area contributed by atoms with Gasteiger partial charge in [0, 0.05) is 27.6 Å². The summed E-state index contributed by atoms with van der Waals surface area (Å²) in [5, 5.41) is 4.70. The van der Waals surface area contributed by atoms with E-state index in [0.717, 1.165) is 39.0 Å². The smallest absolute Gasteiger partial charge is 0.159 e. The minimum atomic E-state index is -0.0948. The molecule has 0 saturated heterocycles. The third kappa shape index (κ3) is 3.82. The van der Waals surface area contributed by atoms with Crippen LogP contribution in [0.15, 0.2) is 156 Å². The molecule has 1 heterocycles. The average Bonchev–Trinajstić information content (AvgIpc) is 3.58. The Kier molecular flexibility index (Phi) is 5.58. The van der Waals surface area contributed by atoms with Gasteiger partial charge in [-0.15, -0.1) is 0 Å². The number of hydrogen-bond donors (Lipinski definition) is 0. The molecule has 0 amide bonds. The van der Waals surface area contributed by atoms with E-state index in [2.05, 4.69) is 170 Å². The molecule has 0 atom stereocenters. The summed E-state index contributed by atoms with van der Waals surface area (Å²) >= 11 is 0. The van der Waals surface area contributed by atoms with Crippen molar-refractivity contribution in [3.8, 4) is 22.3 Å². The first-order valence-corrected chi connectivity index (χ1v) is 15.6. The largest absolute Gasteiger partial charge is 0.454 e. The molecule has 2 heteroatoms. The molecule has 0 spiro atoms. The van der Waals surface area contributed by atoms with E-state index in [9.17, 15) is 0 Å². The van der Waals surface area contributed by atoms with Crippen molar-refractivity contribution >= 4 is 49.8 Å². The maximum atomic E-state index is 6.92. The van der Waals surface area contributed by atoms with Crippen LogP contribution in [0.25, 0.3) is 55.0 Å². The molecule has 7 aromatic carbocycles. The lowest BCUT2D eigenvalue weighted by atomic mass is 9.82. The Morgan fingerprint density at radius 1 is 0.489 bits per heavy atom. The third-order valence-corrected chi connectivity index (χ3v) is 9.65. The van der Waals surface area contributed by atoms with Crippen molar-refractivity contribution in [3.05, 3.63) is 163 Å². The fourth-order valence-corrected chi connectivity index (χ4v) is 7.52. The van der Waals surface area contributed by atoms with Crippen LogP contribution in [0.2, 0.25) is 0 Å². The summed E-state index contributed by atoms with van der Waals surface area (Å²) in [4.78, 5) is 2.35. The van der Waals surface area contributed by atoms with E-state index in [1.165, 1.54) is 44.2 Å². The van der Waals surface area contributed by atoms with Gasteiger partial charge in [0.05, 0.1) is 5.69 Å². The maximum Gasteiger partial charge on any atom is 0.159 e. The number of fused-ring (bicyclic) bond motifs is 8. The zero-order chi connectivity index (χ0) is 30.1. The average molecular weight is 578 g/mol. The van der Waals surface area contributed by atoms with Gasteiger partial charge in [-0.3, -0.25) is 0 Å². The molecule has 45 heavy (non-hydrogen) atoms. The van der Waals surface area contributed by atoms with Crippen LogP contribution in [0, 0.1) is 0 Å². The number of furan rings is 1. The highest BCUT2D eigenvalue weighted by atomic mass is 16.3. The minimum Gasteiger partial charge on any atom is -0.454 e. The zero-order valence-electron chi connectivity index (χ0n) is 25.3. The second kappa shape index (κ2) is 9.70. The van der Waals surface area contributed by atoms with E-state index >= 15 is 0 Å². The molecule has 0 saturated carbocycles. The lowest BCUT2D eigenvalue weighted by molar-refractivity contribution is 0.660.